The van der Waals surface area contributed by atoms with Crippen molar-refractivity contribution in [1.82, 2.24) is 4.90 Å². The van der Waals surface area contributed by atoms with Gasteiger partial charge in [-0.2, -0.15) is 0 Å². The van der Waals surface area contributed by atoms with Crippen molar-refractivity contribution in [1.29, 1.82) is 0 Å². The average Bonchev–Trinajstić information content (AvgIpc) is 2.57. The number of anilines is 1. The van der Waals surface area contributed by atoms with Crippen LogP contribution in [0.15, 0.2) is 59.5 Å². The first-order valence-electron chi connectivity index (χ1n) is 7.79. The number of likely N-dealkylation sites (N-methyl/N-ethyl adjacent to an activating group) is 1. The van der Waals surface area contributed by atoms with Gasteiger partial charge >= 0.3 is 0 Å². The third kappa shape index (κ3) is 5.42. The van der Waals surface area contributed by atoms with Gasteiger partial charge in [0.1, 0.15) is 0 Å². The number of benzene rings is 2. The third-order valence-electron chi connectivity index (χ3n) is 3.50. The van der Waals surface area contributed by atoms with Crippen molar-refractivity contribution in [3.63, 3.8) is 0 Å². The molecule has 5 heteroatoms. The van der Waals surface area contributed by atoms with E-state index in [2.05, 4.69) is 5.32 Å². The summed E-state index contributed by atoms with van der Waals surface area (Å²) in [5.74, 6) is -0.269. The molecule has 4 nitrogen and oxygen atoms in total. The van der Waals surface area contributed by atoms with E-state index in [0.29, 0.717) is 0 Å². The number of nitrogens with zero attached hydrogens (tertiary/aromatic N) is 1. The van der Waals surface area contributed by atoms with Gasteiger partial charge in [-0.3, -0.25) is 9.59 Å². The Kier molecular flexibility index (Phi) is 6.44. The average molecular weight is 342 g/mol. The number of aryl methyl sites for hydroxylation is 1. The van der Waals surface area contributed by atoms with Gasteiger partial charge in [0, 0.05) is 17.6 Å². The zero-order valence-electron chi connectivity index (χ0n) is 14.2. The third-order valence-corrected chi connectivity index (χ3v) is 4.60. The molecule has 126 valence electrons. The molecule has 2 rings (SSSR count). The molecular weight excluding hydrogens is 320 g/mol. The highest BCUT2D eigenvalue weighted by molar-refractivity contribution is 8.00. The SMILES string of the molecule is Cc1ccc(NC(=O)CN(C)C(=O)[C@@H](C)Sc2ccccc2)cc1. The molecule has 1 atom stereocenters. The molecule has 0 aliphatic rings. The summed E-state index contributed by atoms with van der Waals surface area (Å²) in [5.41, 5.74) is 1.87. The predicted octanol–water partition coefficient (Wildman–Crippen LogP) is 3.57. The van der Waals surface area contributed by atoms with E-state index < -0.39 is 0 Å². The Bertz CT molecular complexity index is 686. The summed E-state index contributed by atoms with van der Waals surface area (Å²) < 4.78 is 0. The van der Waals surface area contributed by atoms with Crippen LogP contribution >= 0.6 is 11.8 Å². The summed E-state index contributed by atoms with van der Waals surface area (Å²) >= 11 is 1.49. The van der Waals surface area contributed by atoms with E-state index in [1.807, 2.05) is 68.4 Å². The quantitative estimate of drug-likeness (QED) is 0.817. The van der Waals surface area contributed by atoms with E-state index in [1.165, 1.54) is 16.7 Å². The van der Waals surface area contributed by atoms with Gasteiger partial charge in [0.2, 0.25) is 11.8 Å². The summed E-state index contributed by atoms with van der Waals surface area (Å²) in [4.78, 5) is 27.0. The second kappa shape index (κ2) is 8.55. The maximum Gasteiger partial charge on any atom is 0.243 e. The van der Waals surface area contributed by atoms with E-state index in [-0.39, 0.29) is 23.6 Å². The zero-order chi connectivity index (χ0) is 17.5. The normalized spacial score (nSPS) is 11.6. The van der Waals surface area contributed by atoms with Crippen LogP contribution in [-0.2, 0) is 9.59 Å². The highest BCUT2D eigenvalue weighted by Gasteiger charge is 2.20. The molecule has 0 heterocycles. The molecule has 0 saturated heterocycles. The van der Waals surface area contributed by atoms with Crippen molar-refractivity contribution < 1.29 is 9.59 Å². The number of amides is 2. The summed E-state index contributed by atoms with van der Waals surface area (Å²) in [6.07, 6.45) is 0. The first kappa shape index (κ1) is 18.1. The van der Waals surface area contributed by atoms with Gasteiger partial charge < -0.3 is 10.2 Å². The van der Waals surface area contributed by atoms with E-state index in [4.69, 9.17) is 0 Å². The summed E-state index contributed by atoms with van der Waals surface area (Å²) in [6.45, 7) is 3.88. The number of carbonyl (C=O) groups is 2. The lowest BCUT2D eigenvalue weighted by Gasteiger charge is -2.20. The second-order valence-electron chi connectivity index (χ2n) is 5.68. The number of thioether (sulfide) groups is 1. The highest BCUT2D eigenvalue weighted by Crippen LogP contribution is 2.23. The topological polar surface area (TPSA) is 49.4 Å². The van der Waals surface area contributed by atoms with Gasteiger partial charge in [0.05, 0.1) is 11.8 Å². The molecule has 0 saturated carbocycles. The van der Waals surface area contributed by atoms with Crippen LogP contribution in [0.25, 0.3) is 0 Å². The van der Waals surface area contributed by atoms with E-state index >= 15 is 0 Å². The van der Waals surface area contributed by atoms with Gasteiger partial charge in [-0.05, 0) is 38.1 Å². The molecular formula is C19H22N2O2S. The first-order chi connectivity index (χ1) is 11.5. The molecule has 0 aromatic heterocycles. The standard InChI is InChI=1S/C19H22N2O2S/c1-14-9-11-16(12-10-14)20-18(22)13-21(3)19(23)15(2)24-17-7-5-4-6-8-17/h4-12,15H,13H2,1-3H3,(H,20,22)/t15-/m1/s1. The molecule has 2 amide bonds. The van der Waals surface area contributed by atoms with Crippen LogP contribution in [-0.4, -0.2) is 35.6 Å². The van der Waals surface area contributed by atoms with Crippen LogP contribution in [0.5, 0.6) is 0 Å². The molecule has 0 radical (unpaired) electrons. The fourth-order valence-corrected chi connectivity index (χ4v) is 3.20. The van der Waals surface area contributed by atoms with Crippen molar-refractivity contribution in [2.24, 2.45) is 0 Å². The Balaban J connectivity index is 1.86. The van der Waals surface area contributed by atoms with Gasteiger partial charge in [-0.15, -0.1) is 11.8 Å². The molecule has 1 N–H and O–H groups in total. The maximum atomic E-state index is 12.4. The van der Waals surface area contributed by atoms with Crippen molar-refractivity contribution in [2.75, 3.05) is 18.9 Å². The van der Waals surface area contributed by atoms with E-state index in [0.717, 1.165) is 16.1 Å². The van der Waals surface area contributed by atoms with E-state index in [9.17, 15) is 9.59 Å². The minimum atomic E-state index is -0.246. The van der Waals surface area contributed by atoms with E-state index in [1.54, 1.807) is 7.05 Å². The van der Waals surface area contributed by atoms with Crippen LogP contribution in [0.1, 0.15) is 12.5 Å². The number of hydrogen-bond donors (Lipinski definition) is 1. The molecule has 0 aliphatic heterocycles. The summed E-state index contributed by atoms with van der Waals surface area (Å²) in [5, 5.41) is 2.56. The lowest BCUT2D eigenvalue weighted by molar-refractivity contribution is -0.132. The zero-order valence-corrected chi connectivity index (χ0v) is 15.0. The second-order valence-corrected chi connectivity index (χ2v) is 7.10. The monoisotopic (exact) mass is 342 g/mol. The molecule has 24 heavy (non-hydrogen) atoms. The van der Waals surface area contributed by atoms with Gasteiger partial charge in [0.15, 0.2) is 0 Å². The smallest absolute Gasteiger partial charge is 0.243 e. The fraction of sp³-hybridized carbons (Fsp3) is 0.263. The number of nitrogens with one attached hydrogen (secondary N) is 1. The Morgan fingerprint density at radius 3 is 2.33 bits per heavy atom. The highest BCUT2D eigenvalue weighted by atomic mass is 32.2. The summed E-state index contributed by atoms with van der Waals surface area (Å²) in [6, 6.07) is 17.3. The molecule has 0 aliphatic carbocycles. The first-order valence-corrected chi connectivity index (χ1v) is 8.67. The Hall–Kier alpha value is -2.27. The fourth-order valence-electron chi connectivity index (χ4n) is 2.19. The van der Waals surface area contributed by atoms with Crippen molar-refractivity contribution in [3.8, 4) is 0 Å². The van der Waals surface area contributed by atoms with Crippen LogP contribution in [0.2, 0.25) is 0 Å². The number of hydrogen-bond acceptors (Lipinski definition) is 3. The van der Waals surface area contributed by atoms with Gasteiger partial charge in [-0.1, -0.05) is 35.9 Å². The Labute approximate surface area is 147 Å². The van der Waals surface area contributed by atoms with Crippen LogP contribution in [0, 0.1) is 6.92 Å². The largest absolute Gasteiger partial charge is 0.335 e. The lowest BCUT2D eigenvalue weighted by atomic mass is 10.2. The molecule has 2 aromatic carbocycles. The Morgan fingerprint density at radius 1 is 1.08 bits per heavy atom. The number of rotatable bonds is 6. The molecule has 0 spiro atoms. The van der Waals surface area contributed by atoms with Gasteiger partial charge in [-0.25, -0.2) is 0 Å². The molecule has 0 unspecified atom stereocenters. The minimum absolute atomic E-state index is 0.0341. The maximum absolute atomic E-state index is 12.4. The van der Waals surface area contributed by atoms with Crippen molar-refractivity contribution >= 4 is 29.3 Å². The minimum Gasteiger partial charge on any atom is -0.335 e. The lowest BCUT2D eigenvalue weighted by Crippen LogP contribution is -2.38. The number of carbonyl (C=O) groups excluding carboxylic acids is 2. The van der Waals surface area contributed by atoms with Gasteiger partial charge in [0.25, 0.3) is 0 Å². The van der Waals surface area contributed by atoms with Crippen molar-refractivity contribution in [3.05, 3.63) is 60.2 Å². The molecule has 2 aromatic rings. The van der Waals surface area contributed by atoms with Crippen molar-refractivity contribution in [2.45, 2.75) is 24.0 Å². The van der Waals surface area contributed by atoms with Crippen LogP contribution in [0.4, 0.5) is 5.69 Å². The molecule has 0 bridgehead atoms. The summed E-state index contributed by atoms with van der Waals surface area (Å²) in [7, 11) is 1.65. The van der Waals surface area contributed by atoms with Crippen LogP contribution in [0.3, 0.4) is 0 Å². The predicted molar refractivity (Wildman–Crippen MR) is 99.2 cm³/mol. The molecule has 0 fully saturated rings. The Morgan fingerprint density at radius 2 is 1.71 bits per heavy atom. The van der Waals surface area contributed by atoms with Crippen LogP contribution < -0.4 is 5.32 Å².